The summed E-state index contributed by atoms with van der Waals surface area (Å²) in [7, 11) is 0. The second-order valence-electron chi connectivity index (χ2n) is 3.59. The van der Waals surface area contributed by atoms with Crippen LogP contribution in [-0.2, 0) is 12.8 Å². The molecule has 3 nitrogen and oxygen atoms in total. The molecule has 0 unspecified atom stereocenters. The first-order valence-electron chi connectivity index (χ1n) is 5.28. The van der Waals surface area contributed by atoms with E-state index in [0.29, 0.717) is 5.28 Å². The van der Waals surface area contributed by atoms with Gasteiger partial charge in [-0.1, -0.05) is 20.3 Å². The highest BCUT2D eigenvalue weighted by atomic mass is 35.5. The van der Waals surface area contributed by atoms with E-state index in [1.165, 1.54) is 11.3 Å². The molecule has 0 atom stereocenters. The van der Waals surface area contributed by atoms with E-state index in [2.05, 4.69) is 28.8 Å². The van der Waals surface area contributed by atoms with Gasteiger partial charge < -0.3 is 4.98 Å². The van der Waals surface area contributed by atoms with Gasteiger partial charge in [0, 0.05) is 17.3 Å². The Kier molecular flexibility index (Phi) is 2.91. The van der Waals surface area contributed by atoms with Crippen molar-refractivity contribution in [1.29, 1.82) is 0 Å². The van der Waals surface area contributed by atoms with Gasteiger partial charge in [0.05, 0.1) is 0 Å². The number of nitrogens with zero attached hydrogens (tertiary/aromatic N) is 2. The van der Waals surface area contributed by atoms with Gasteiger partial charge in [0.25, 0.3) is 0 Å². The lowest BCUT2D eigenvalue weighted by Crippen LogP contribution is -1.89. The highest BCUT2D eigenvalue weighted by molar-refractivity contribution is 6.28. The summed E-state index contributed by atoms with van der Waals surface area (Å²) in [5, 5.41) is 1.40. The zero-order chi connectivity index (χ0) is 10.8. The van der Waals surface area contributed by atoms with E-state index in [-0.39, 0.29) is 0 Å². The van der Waals surface area contributed by atoms with Gasteiger partial charge in [-0.3, -0.25) is 0 Å². The molecule has 1 N–H and O–H groups in total. The third-order valence-electron chi connectivity index (χ3n) is 2.57. The molecular weight excluding hydrogens is 210 g/mol. The molecule has 0 radical (unpaired) electrons. The number of H-pyrrole nitrogens is 1. The minimum Gasteiger partial charge on any atom is -0.343 e. The van der Waals surface area contributed by atoms with Crippen LogP contribution >= 0.6 is 11.6 Å². The molecule has 2 rings (SSSR count). The van der Waals surface area contributed by atoms with Gasteiger partial charge in [0.15, 0.2) is 0 Å². The van der Waals surface area contributed by atoms with Crippen LogP contribution in [0.25, 0.3) is 11.0 Å². The number of rotatable bonds is 3. The fourth-order valence-corrected chi connectivity index (χ4v) is 2.06. The molecular formula is C11H14ClN3. The lowest BCUT2D eigenvalue weighted by atomic mass is 10.1. The Hall–Kier alpha value is -1.09. The zero-order valence-corrected chi connectivity index (χ0v) is 9.73. The highest BCUT2D eigenvalue weighted by Crippen LogP contribution is 2.22. The Labute approximate surface area is 93.9 Å². The molecule has 2 aromatic heterocycles. The molecule has 80 valence electrons. The smallest absolute Gasteiger partial charge is 0.224 e. The summed E-state index contributed by atoms with van der Waals surface area (Å²) in [5.41, 5.74) is 3.45. The van der Waals surface area contributed by atoms with Crippen LogP contribution in [0.2, 0.25) is 5.28 Å². The summed E-state index contributed by atoms with van der Waals surface area (Å²) >= 11 is 5.76. The minimum atomic E-state index is 0.300. The van der Waals surface area contributed by atoms with E-state index in [1.807, 2.05) is 0 Å². The van der Waals surface area contributed by atoms with Crippen molar-refractivity contribution in [3.63, 3.8) is 0 Å². The summed E-state index contributed by atoms with van der Waals surface area (Å²) in [6.45, 7) is 4.32. The second-order valence-corrected chi connectivity index (χ2v) is 3.93. The molecule has 0 spiro atoms. The summed E-state index contributed by atoms with van der Waals surface area (Å²) in [5.74, 6) is 0. The quantitative estimate of drug-likeness (QED) is 0.813. The van der Waals surface area contributed by atoms with Crippen LogP contribution in [0.1, 0.15) is 31.5 Å². The molecule has 0 fully saturated rings. The van der Waals surface area contributed by atoms with Crippen LogP contribution in [0, 0.1) is 0 Å². The number of hydrogen-bond acceptors (Lipinski definition) is 2. The largest absolute Gasteiger partial charge is 0.343 e. The van der Waals surface area contributed by atoms with Gasteiger partial charge in [-0.05, 0) is 30.0 Å². The Bertz CT molecular complexity index is 476. The van der Waals surface area contributed by atoms with Crippen LogP contribution < -0.4 is 0 Å². The molecule has 0 aliphatic heterocycles. The molecule has 0 saturated heterocycles. The van der Waals surface area contributed by atoms with E-state index in [4.69, 9.17) is 11.6 Å². The maximum atomic E-state index is 5.76. The molecule has 0 aromatic carbocycles. The fourth-order valence-electron chi connectivity index (χ4n) is 1.92. The predicted octanol–water partition coefficient (Wildman–Crippen LogP) is 3.13. The number of hydrogen-bond donors (Lipinski definition) is 1. The number of aryl methyl sites for hydroxylation is 2. The molecule has 2 aromatic rings. The highest BCUT2D eigenvalue weighted by Gasteiger charge is 2.10. The summed E-state index contributed by atoms with van der Waals surface area (Å²) in [4.78, 5) is 11.5. The van der Waals surface area contributed by atoms with Crippen molar-refractivity contribution in [2.45, 2.75) is 33.1 Å². The number of halogens is 1. The van der Waals surface area contributed by atoms with Crippen molar-refractivity contribution in [2.24, 2.45) is 0 Å². The number of aromatic nitrogens is 3. The fraction of sp³-hybridized carbons (Fsp3) is 0.455. The van der Waals surface area contributed by atoms with Gasteiger partial charge in [-0.15, -0.1) is 0 Å². The summed E-state index contributed by atoms with van der Waals surface area (Å²) in [6, 6.07) is 0. The third kappa shape index (κ3) is 1.84. The third-order valence-corrected chi connectivity index (χ3v) is 2.75. The van der Waals surface area contributed by atoms with Crippen LogP contribution in [-0.4, -0.2) is 15.0 Å². The molecule has 0 saturated carbocycles. The topological polar surface area (TPSA) is 41.6 Å². The van der Waals surface area contributed by atoms with Crippen molar-refractivity contribution in [3.8, 4) is 0 Å². The Morgan fingerprint density at radius 2 is 2.20 bits per heavy atom. The number of fused-ring (bicyclic) bond motifs is 1. The van der Waals surface area contributed by atoms with E-state index >= 15 is 0 Å². The standard InChI is InChI=1S/C11H14ClN3/c1-3-5-9-7(4-2)8-6-13-11(12)15-10(8)14-9/h6H,3-5H2,1-2H3,(H,13,14,15). The van der Waals surface area contributed by atoms with E-state index in [0.717, 1.165) is 30.3 Å². The Morgan fingerprint density at radius 3 is 2.87 bits per heavy atom. The SMILES string of the molecule is CCCc1[nH]c2nc(Cl)ncc2c1CC. The van der Waals surface area contributed by atoms with Gasteiger partial charge in [0.1, 0.15) is 5.65 Å². The minimum absolute atomic E-state index is 0.300. The van der Waals surface area contributed by atoms with Gasteiger partial charge >= 0.3 is 0 Å². The van der Waals surface area contributed by atoms with Crippen LogP contribution in [0.15, 0.2) is 6.20 Å². The monoisotopic (exact) mass is 223 g/mol. The van der Waals surface area contributed by atoms with Gasteiger partial charge in [0.2, 0.25) is 5.28 Å². The zero-order valence-electron chi connectivity index (χ0n) is 8.97. The molecule has 15 heavy (non-hydrogen) atoms. The van der Waals surface area contributed by atoms with Gasteiger partial charge in [-0.25, -0.2) is 4.98 Å². The van der Waals surface area contributed by atoms with Crippen molar-refractivity contribution < 1.29 is 0 Å². The first-order chi connectivity index (χ1) is 7.26. The van der Waals surface area contributed by atoms with Crippen LogP contribution in [0.5, 0.6) is 0 Å². The van der Waals surface area contributed by atoms with E-state index in [1.54, 1.807) is 6.20 Å². The average molecular weight is 224 g/mol. The van der Waals surface area contributed by atoms with Crippen molar-refractivity contribution >= 4 is 22.6 Å². The first kappa shape index (κ1) is 10.4. The van der Waals surface area contributed by atoms with E-state index < -0.39 is 0 Å². The molecule has 0 bridgehead atoms. The average Bonchev–Trinajstić information content (AvgIpc) is 2.54. The predicted molar refractivity (Wildman–Crippen MR) is 62.3 cm³/mol. The molecule has 0 amide bonds. The van der Waals surface area contributed by atoms with Gasteiger partial charge in [-0.2, -0.15) is 4.98 Å². The van der Waals surface area contributed by atoms with Crippen molar-refractivity contribution in [2.75, 3.05) is 0 Å². The molecule has 4 heteroatoms. The summed E-state index contributed by atoms with van der Waals surface area (Å²) < 4.78 is 0. The van der Waals surface area contributed by atoms with Crippen molar-refractivity contribution in [3.05, 3.63) is 22.7 Å². The van der Waals surface area contributed by atoms with Crippen molar-refractivity contribution in [1.82, 2.24) is 15.0 Å². The number of aromatic amines is 1. The second kappa shape index (κ2) is 4.19. The lowest BCUT2D eigenvalue weighted by Gasteiger charge is -1.98. The maximum absolute atomic E-state index is 5.76. The molecule has 2 heterocycles. The molecule has 0 aliphatic carbocycles. The first-order valence-corrected chi connectivity index (χ1v) is 5.66. The van der Waals surface area contributed by atoms with Crippen LogP contribution in [0.3, 0.4) is 0 Å². The van der Waals surface area contributed by atoms with Crippen LogP contribution in [0.4, 0.5) is 0 Å². The Balaban J connectivity index is 2.62. The number of nitrogens with one attached hydrogen (secondary N) is 1. The lowest BCUT2D eigenvalue weighted by molar-refractivity contribution is 0.876. The Morgan fingerprint density at radius 1 is 1.40 bits per heavy atom. The summed E-state index contributed by atoms with van der Waals surface area (Å²) in [6.07, 6.45) is 4.98. The molecule has 0 aliphatic rings. The normalized spacial score (nSPS) is 11.1. The maximum Gasteiger partial charge on any atom is 0.224 e. The van der Waals surface area contributed by atoms with E-state index in [9.17, 15) is 0 Å².